The molecule has 2 rings (SSSR count). The van der Waals surface area contributed by atoms with Gasteiger partial charge in [-0.1, -0.05) is 0 Å². The van der Waals surface area contributed by atoms with Crippen molar-refractivity contribution >= 4 is 5.69 Å². The third-order valence-electron chi connectivity index (χ3n) is 2.88. The molecule has 1 unspecified atom stereocenters. The van der Waals surface area contributed by atoms with Crippen LogP contribution in [-0.2, 0) is 0 Å². The van der Waals surface area contributed by atoms with Crippen LogP contribution in [0.5, 0.6) is 0 Å². The zero-order chi connectivity index (χ0) is 11.7. The maximum absolute atomic E-state index is 13.0. The molecule has 1 aliphatic heterocycles. The maximum Gasteiger partial charge on any atom is 0.194 e. The number of benzene rings is 1. The van der Waals surface area contributed by atoms with Crippen LogP contribution >= 0.6 is 0 Å². The van der Waals surface area contributed by atoms with Gasteiger partial charge in [0.1, 0.15) is 0 Å². The summed E-state index contributed by atoms with van der Waals surface area (Å²) in [7, 11) is 0. The van der Waals surface area contributed by atoms with Gasteiger partial charge < -0.3 is 10.0 Å². The molecular weight excluding hydrogens is 219 g/mol. The zero-order valence-corrected chi connectivity index (χ0v) is 8.59. The van der Waals surface area contributed by atoms with Crippen LogP contribution in [0.3, 0.4) is 0 Å². The fourth-order valence-corrected chi connectivity index (χ4v) is 1.94. The van der Waals surface area contributed by atoms with Gasteiger partial charge in [-0.2, -0.15) is 0 Å². The van der Waals surface area contributed by atoms with Crippen LogP contribution in [0.1, 0.15) is 6.42 Å². The molecule has 1 aliphatic rings. The Morgan fingerprint density at radius 2 is 1.88 bits per heavy atom. The van der Waals surface area contributed by atoms with E-state index in [0.717, 1.165) is 18.6 Å². The van der Waals surface area contributed by atoms with Crippen LogP contribution in [-0.4, -0.2) is 24.8 Å². The number of hydrogen-bond acceptors (Lipinski definition) is 2. The minimum Gasteiger partial charge on any atom is -0.396 e. The van der Waals surface area contributed by atoms with E-state index in [9.17, 15) is 13.2 Å². The predicted molar refractivity (Wildman–Crippen MR) is 53.7 cm³/mol. The highest BCUT2D eigenvalue weighted by Gasteiger charge is 2.23. The van der Waals surface area contributed by atoms with Crippen LogP contribution in [0.25, 0.3) is 0 Å². The summed E-state index contributed by atoms with van der Waals surface area (Å²) in [5, 5.41) is 8.95. The third-order valence-corrected chi connectivity index (χ3v) is 2.88. The van der Waals surface area contributed by atoms with E-state index >= 15 is 0 Å². The van der Waals surface area contributed by atoms with Gasteiger partial charge in [0.2, 0.25) is 0 Å². The molecule has 1 heterocycles. The Bertz CT molecular complexity index is 374. The first-order valence-electron chi connectivity index (χ1n) is 5.12. The third kappa shape index (κ3) is 2.00. The first kappa shape index (κ1) is 11.3. The smallest absolute Gasteiger partial charge is 0.194 e. The summed E-state index contributed by atoms with van der Waals surface area (Å²) in [6, 6.07) is 1.97. The van der Waals surface area contributed by atoms with Gasteiger partial charge in [-0.05, 0) is 6.42 Å². The molecule has 1 aromatic rings. The van der Waals surface area contributed by atoms with Gasteiger partial charge in [0.15, 0.2) is 17.5 Å². The molecule has 0 radical (unpaired) electrons. The lowest BCUT2D eigenvalue weighted by molar-refractivity contribution is 0.238. The van der Waals surface area contributed by atoms with Crippen LogP contribution in [0.4, 0.5) is 18.9 Å². The Hall–Kier alpha value is -1.23. The quantitative estimate of drug-likeness (QED) is 0.786. The number of aliphatic hydroxyl groups is 1. The number of hydrogen-bond donors (Lipinski definition) is 1. The molecule has 1 fully saturated rings. The number of anilines is 1. The summed E-state index contributed by atoms with van der Waals surface area (Å²) in [6.07, 6.45) is 0.775. The summed E-state index contributed by atoms with van der Waals surface area (Å²) < 4.78 is 38.7. The Kier molecular flexibility index (Phi) is 3.05. The van der Waals surface area contributed by atoms with Crippen molar-refractivity contribution in [2.75, 3.05) is 24.6 Å². The van der Waals surface area contributed by atoms with E-state index in [4.69, 9.17) is 5.11 Å². The van der Waals surface area contributed by atoms with Crippen molar-refractivity contribution in [1.29, 1.82) is 0 Å². The monoisotopic (exact) mass is 231 g/mol. The van der Waals surface area contributed by atoms with Crippen molar-refractivity contribution < 1.29 is 18.3 Å². The summed E-state index contributed by atoms with van der Waals surface area (Å²) in [5.41, 5.74) is 0.326. The van der Waals surface area contributed by atoms with Crippen molar-refractivity contribution in [3.8, 4) is 0 Å². The lowest BCUT2D eigenvalue weighted by Gasteiger charge is -2.18. The molecule has 0 bridgehead atoms. The van der Waals surface area contributed by atoms with E-state index in [2.05, 4.69) is 0 Å². The van der Waals surface area contributed by atoms with Crippen LogP contribution in [0, 0.1) is 23.4 Å². The zero-order valence-electron chi connectivity index (χ0n) is 8.59. The molecule has 1 aromatic carbocycles. The van der Waals surface area contributed by atoms with E-state index in [1.807, 2.05) is 0 Å². The van der Waals surface area contributed by atoms with Gasteiger partial charge in [-0.25, -0.2) is 13.2 Å². The minimum absolute atomic E-state index is 0.0582. The molecule has 1 saturated heterocycles. The van der Waals surface area contributed by atoms with Crippen molar-refractivity contribution in [3.05, 3.63) is 29.6 Å². The fourth-order valence-electron chi connectivity index (χ4n) is 1.94. The highest BCUT2D eigenvalue weighted by molar-refractivity contribution is 5.48. The predicted octanol–water partition coefficient (Wildman–Crippen LogP) is 1.92. The largest absolute Gasteiger partial charge is 0.396 e. The number of halogens is 3. The second kappa shape index (κ2) is 4.33. The minimum atomic E-state index is -1.44. The number of rotatable bonds is 2. The normalized spacial score (nSPS) is 20.5. The lowest BCUT2D eigenvalue weighted by Crippen LogP contribution is -2.21. The van der Waals surface area contributed by atoms with E-state index in [1.54, 1.807) is 4.90 Å². The van der Waals surface area contributed by atoms with Gasteiger partial charge in [0, 0.05) is 43.4 Å². The summed E-state index contributed by atoms with van der Waals surface area (Å²) >= 11 is 0. The molecule has 0 aromatic heterocycles. The standard InChI is InChI=1S/C11H12F3NO/c12-9-3-8(4-10(13)11(9)14)15-2-1-7(5-15)6-16/h3-4,7,16H,1-2,5-6H2. The molecular formula is C11H12F3NO. The topological polar surface area (TPSA) is 23.5 Å². The first-order chi connectivity index (χ1) is 7.61. The average molecular weight is 231 g/mol. The van der Waals surface area contributed by atoms with Crippen LogP contribution in [0.15, 0.2) is 12.1 Å². The van der Waals surface area contributed by atoms with Gasteiger partial charge in [0.05, 0.1) is 0 Å². The second-order valence-electron chi connectivity index (χ2n) is 4.01. The average Bonchev–Trinajstić information content (AvgIpc) is 2.73. The molecule has 0 amide bonds. The van der Waals surface area contributed by atoms with Gasteiger partial charge in [-0.3, -0.25) is 0 Å². The molecule has 2 nitrogen and oxygen atoms in total. The van der Waals surface area contributed by atoms with Crippen LogP contribution < -0.4 is 4.90 Å². The highest BCUT2D eigenvalue weighted by atomic mass is 19.2. The van der Waals surface area contributed by atoms with E-state index in [1.165, 1.54) is 0 Å². The van der Waals surface area contributed by atoms with Crippen molar-refractivity contribution in [1.82, 2.24) is 0 Å². The van der Waals surface area contributed by atoms with Gasteiger partial charge in [0.25, 0.3) is 0 Å². The van der Waals surface area contributed by atoms with Gasteiger partial charge >= 0.3 is 0 Å². The Labute approximate surface area is 91.3 Å². The molecule has 0 saturated carbocycles. The molecule has 1 N–H and O–H groups in total. The molecule has 1 atom stereocenters. The Balaban J connectivity index is 2.22. The molecule has 0 aliphatic carbocycles. The fraction of sp³-hybridized carbons (Fsp3) is 0.455. The lowest BCUT2D eigenvalue weighted by atomic mass is 10.1. The number of nitrogens with zero attached hydrogens (tertiary/aromatic N) is 1. The van der Waals surface area contributed by atoms with Crippen molar-refractivity contribution in [3.63, 3.8) is 0 Å². The first-order valence-corrected chi connectivity index (χ1v) is 5.12. The molecule has 5 heteroatoms. The molecule has 0 spiro atoms. The van der Waals surface area contributed by atoms with Crippen molar-refractivity contribution in [2.24, 2.45) is 5.92 Å². The van der Waals surface area contributed by atoms with E-state index < -0.39 is 17.5 Å². The molecule has 16 heavy (non-hydrogen) atoms. The summed E-state index contributed by atoms with van der Waals surface area (Å²) in [6.45, 7) is 1.22. The maximum atomic E-state index is 13.0. The SMILES string of the molecule is OCC1CCN(c2cc(F)c(F)c(F)c2)C1. The Morgan fingerprint density at radius 1 is 1.25 bits per heavy atom. The van der Waals surface area contributed by atoms with E-state index in [-0.39, 0.29) is 12.5 Å². The second-order valence-corrected chi connectivity index (χ2v) is 4.01. The van der Waals surface area contributed by atoms with Gasteiger partial charge in [-0.15, -0.1) is 0 Å². The Morgan fingerprint density at radius 3 is 2.38 bits per heavy atom. The highest BCUT2D eigenvalue weighted by Crippen LogP contribution is 2.26. The number of aliphatic hydroxyl groups excluding tert-OH is 1. The van der Waals surface area contributed by atoms with Crippen molar-refractivity contribution in [2.45, 2.75) is 6.42 Å². The molecule has 88 valence electrons. The summed E-state index contributed by atoms with van der Waals surface area (Å²) in [5.74, 6) is -3.68. The summed E-state index contributed by atoms with van der Waals surface area (Å²) in [4.78, 5) is 1.74. The van der Waals surface area contributed by atoms with E-state index in [0.29, 0.717) is 18.8 Å². The van der Waals surface area contributed by atoms with Crippen LogP contribution in [0.2, 0.25) is 0 Å².